The minimum atomic E-state index is -2.35. The largest absolute Gasteiger partial charge is 0.517 e. The third-order valence-electron chi connectivity index (χ3n) is 3.89. The second kappa shape index (κ2) is 5.59. The fourth-order valence-corrected chi connectivity index (χ4v) is 12.4. The maximum Gasteiger partial charge on any atom is 0.292 e. The summed E-state index contributed by atoms with van der Waals surface area (Å²) in [6.45, 7) is 22.1. The number of hydrogen-bond acceptors (Lipinski definition) is 2. The molecule has 0 aliphatic rings. The number of hydrogen-bond donors (Lipinski definition) is 0. The Hall–Kier alpha value is -0.313. The van der Waals surface area contributed by atoms with E-state index in [0.29, 0.717) is 6.42 Å². The summed E-state index contributed by atoms with van der Waals surface area (Å²) in [5.41, 5.74) is 0. The monoisotopic (exact) mass is 286 g/mol. The zero-order chi connectivity index (χ0) is 15.7. The van der Waals surface area contributed by atoms with Gasteiger partial charge in [0.25, 0.3) is 14.3 Å². The number of rotatable bonds is 3. The van der Waals surface area contributed by atoms with Crippen LogP contribution in [0.2, 0.25) is 15.1 Å². The highest BCUT2D eigenvalue weighted by Crippen LogP contribution is 2.62. The summed E-state index contributed by atoms with van der Waals surface area (Å²) in [5, 5.41) is 0.0205. The Morgan fingerprint density at radius 1 is 0.842 bits per heavy atom. The molecule has 0 N–H and O–H groups in total. The van der Waals surface area contributed by atoms with Gasteiger partial charge in [-0.2, -0.15) is 0 Å². The van der Waals surface area contributed by atoms with Crippen LogP contribution in [0, 0.1) is 0 Å². The van der Waals surface area contributed by atoms with Crippen molar-refractivity contribution >= 4 is 14.3 Å². The van der Waals surface area contributed by atoms with Crippen LogP contribution in [0.5, 0.6) is 0 Å². The van der Waals surface area contributed by atoms with Crippen LogP contribution in [0.3, 0.4) is 0 Å². The Kier molecular flexibility index (Phi) is 5.50. The van der Waals surface area contributed by atoms with E-state index < -0.39 is 8.32 Å². The molecule has 0 saturated heterocycles. The van der Waals surface area contributed by atoms with Gasteiger partial charge in [0.1, 0.15) is 0 Å². The minimum absolute atomic E-state index is 0.00685. The van der Waals surface area contributed by atoms with E-state index in [-0.39, 0.29) is 21.1 Å². The topological polar surface area (TPSA) is 26.3 Å². The van der Waals surface area contributed by atoms with Crippen LogP contribution in [0.15, 0.2) is 0 Å². The van der Waals surface area contributed by atoms with Crippen LogP contribution >= 0.6 is 0 Å². The normalized spacial score (nSPS) is 14.4. The highest BCUT2D eigenvalue weighted by Gasteiger charge is 2.64. The molecule has 3 heteroatoms. The molecule has 0 bridgehead atoms. The van der Waals surface area contributed by atoms with Crippen molar-refractivity contribution < 1.29 is 9.22 Å². The van der Waals surface area contributed by atoms with Crippen molar-refractivity contribution in [2.75, 3.05) is 0 Å². The lowest BCUT2D eigenvalue weighted by Crippen LogP contribution is -2.61. The molecule has 2 nitrogen and oxygen atoms in total. The molecule has 0 fully saturated rings. The Bertz CT molecular complexity index is 277. The van der Waals surface area contributed by atoms with E-state index in [9.17, 15) is 4.79 Å². The van der Waals surface area contributed by atoms with E-state index in [1.54, 1.807) is 0 Å². The molecule has 0 aliphatic heterocycles. The quantitative estimate of drug-likeness (QED) is 0.624. The van der Waals surface area contributed by atoms with Crippen molar-refractivity contribution in [2.45, 2.75) is 97.2 Å². The molecule has 0 unspecified atom stereocenters. The summed E-state index contributed by atoms with van der Waals surface area (Å²) in [4.78, 5) is 12.2. The molecule has 114 valence electrons. The van der Waals surface area contributed by atoms with Crippen molar-refractivity contribution in [1.82, 2.24) is 0 Å². The molecule has 0 amide bonds. The summed E-state index contributed by atoms with van der Waals surface area (Å²) >= 11 is 0. The van der Waals surface area contributed by atoms with Crippen molar-refractivity contribution in [1.29, 1.82) is 0 Å². The van der Waals surface area contributed by atoms with Gasteiger partial charge in [0.2, 0.25) is 0 Å². The second-order valence-electron chi connectivity index (χ2n) is 8.66. The minimum Gasteiger partial charge on any atom is -0.517 e. The number of carbonyl (C=O) groups is 1. The summed E-state index contributed by atoms with van der Waals surface area (Å²) in [6, 6.07) is 0. The first-order chi connectivity index (χ1) is 8.20. The van der Waals surface area contributed by atoms with Gasteiger partial charge in [0, 0.05) is 6.42 Å². The Labute approximate surface area is 121 Å². The van der Waals surface area contributed by atoms with Crippen molar-refractivity contribution in [3.63, 3.8) is 0 Å². The van der Waals surface area contributed by atoms with Crippen LogP contribution in [-0.4, -0.2) is 14.3 Å². The van der Waals surface area contributed by atoms with Gasteiger partial charge in [0.05, 0.1) is 0 Å². The smallest absolute Gasteiger partial charge is 0.292 e. The van der Waals surface area contributed by atoms with E-state index >= 15 is 0 Å². The third kappa shape index (κ3) is 3.62. The van der Waals surface area contributed by atoms with Crippen LogP contribution < -0.4 is 0 Å². The first-order valence-corrected chi connectivity index (χ1v) is 9.33. The standard InChI is InChI=1S/C16H34O2Si/c1-11-12-13(17)18-19(14(2,3)4,15(5,6)7)16(8,9)10/h11-12H2,1-10H3. The Morgan fingerprint density at radius 3 is 1.37 bits per heavy atom. The molecule has 0 aromatic rings. The zero-order valence-electron chi connectivity index (χ0n) is 14.7. The zero-order valence-corrected chi connectivity index (χ0v) is 15.7. The lowest BCUT2D eigenvalue weighted by molar-refractivity contribution is -0.136. The maximum atomic E-state index is 12.2. The van der Waals surface area contributed by atoms with Crippen LogP contribution in [0.4, 0.5) is 0 Å². The lowest BCUT2D eigenvalue weighted by Gasteiger charge is -2.56. The predicted molar refractivity (Wildman–Crippen MR) is 85.9 cm³/mol. The SMILES string of the molecule is CCCC(=O)O[Si](C(C)(C)C)(C(C)(C)C)C(C)(C)C. The molecule has 0 rings (SSSR count). The molecule has 0 atom stereocenters. The molecule has 19 heavy (non-hydrogen) atoms. The first kappa shape index (κ1) is 18.7. The maximum absolute atomic E-state index is 12.2. The summed E-state index contributed by atoms with van der Waals surface area (Å²) < 4.78 is 6.27. The predicted octanol–water partition coefficient (Wildman–Crippen LogP) is 5.68. The first-order valence-electron chi connectivity index (χ1n) is 7.42. The Morgan fingerprint density at radius 2 is 1.16 bits per heavy atom. The van der Waals surface area contributed by atoms with Gasteiger partial charge in [-0.25, -0.2) is 0 Å². The van der Waals surface area contributed by atoms with Crippen LogP contribution in [0.25, 0.3) is 0 Å². The van der Waals surface area contributed by atoms with Crippen molar-refractivity contribution in [3.05, 3.63) is 0 Å². The fraction of sp³-hybridized carbons (Fsp3) is 0.938. The average Bonchev–Trinajstić information content (AvgIpc) is 2.08. The highest BCUT2D eigenvalue weighted by molar-refractivity contribution is 6.83. The van der Waals surface area contributed by atoms with Gasteiger partial charge in [-0.15, -0.1) is 0 Å². The molecular formula is C16H34O2Si. The molecule has 0 saturated carbocycles. The summed E-state index contributed by atoms with van der Waals surface area (Å²) in [6.07, 6.45) is 1.37. The molecule has 0 radical (unpaired) electrons. The van der Waals surface area contributed by atoms with Gasteiger partial charge in [-0.3, -0.25) is 4.79 Å². The molecular weight excluding hydrogens is 252 g/mol. The van der Waals surface area contributed by atoms with Crippen LogP contribution in [-0.2, 0) is 9.22 Å². The van der Waals surface area contributed by atoms with E-state index in [1.165, 1.54) is 0 Å². The molecule has 0 aliphatic carbocycles. The highest BCUT2D eigenvalue weighted by atomic mass is 28.4. The van der Waals surface area contributed by atoms with E-state index in [1.807, 2.05) is 6.92 Å². The fourth-order valence-electron chi connectivity index (χ4n) is 4.26. The number of carbonyl (C=O) groups excluding carboxylic acids is 1. The van der Waals surface area contributed by atoms with Gasteiger partial charge < -0.3 is 4.43 Å². The third-order valence-corrected chi connectivity index (χ3v) is 10.8. The lowest BCUT2D eigenvalue weighted by atomic mass is 10.2. The molecule has 0 aromatic heterocycles. The van der Waals surface area contributed by atoms with Crippen molar-refractivity contribution in [3.8, 4) is 0 Å². The van der Waals surface area contributed by atoms with E-state index in [2.05, 4.69) is 62.3 Å². The van der Waals surface area contributed by atoms with Gasteiger partial charge >= 0.3 is 0 Å². The van der Waals surface area contributed by atoms with Gasteiger partial charge in [-0.1, -0.05) is 69.2 Å². The second-order valence-corrected chi connectivity index (χ2v) is 14.7. The van der Waals surface area contributed by atoms with Gasteiger partial charge in [-0.05, 0) is 21.5 Å². The van der Waals surface area contributed by atoms with E-state index in [0.717, 1.165) is 6.42 Å². The summed E-state index contributed by atoms with van der Waals surface area (Å²) in [5.74, 6) is -0.0195. The van der Waals surface area contributed by atoms with Crippen LogP contribution in [0.1, 0.15) is 82.1 Å². The molecule has 0 heterocycles. The van der Waals surface area contributed by atoms with Gasteiger partial charge in [0.15, 0.2) is 0 Å². The Balaban J connectivity index is 5.90. The molecule has 0 spiro atoms. The molecule has 0 aromatic carbocycles. The summed E-state index contributed by atoms with van der Waals surface area (Å²) in [7, 11) is -2.35. The average molecular weight is 287 g/mol. The van der Waals surface area contributed by atoms with E-state index in [4.69, 9.17) is 4.43 Å². The van der Waals surface area contributed by atoms with Crippen molar-refractivity contribution in [2.24, 2.45) is 0 Å².